The average Bonchev–Trinajstić information content (AvgIpc) is 2.26. The molecule has 1 aromatic carbocycles. The van der Waals surface area contributed by atoms with Gasteiger partial charge in [0.1, 0.15) is 6.04 Å². The van der Waals surface area contributed by atoms with E-state index in [9.17, 15) is 9.59 Å². The van der Waals surface area contributed by atoms with Crippen LogP contribution < -0.4 is 11.1 Å². The lowest BCUT2D eigenvalue weighted by atomic mass is 10.0. The minimum absolute atomic E-state index is 0.366. The first kappa shape index (κ1) is 12.2. The number of carbonyl (C=O) groups excluding carboxylic acids is 1. The van der Waals surface area contributed by atoms with Gasteiger partial charge in [-0.2, -0.15) is 0 Å². The molecule has 86 valence electrons. The summed E-state index contributed by atoms with van der Waals surface area (Å²) in [5.41, 5.74) is 6.35. The van der Waals surface area contributed by atoms with E-state index >= 15 is 0 Å². The molecule has 0 aliphatic rings. The fraction of sp³-hybridized carbons (Fsp3) is 0.273. The van der Waals surface area contributed by atoms with Crippen molar-refractivity contribution in [2.45, 2.75) is 12.5 Å². The van der Waals surface area contributed by atoms with Gasteiger partial charge in [-0.3, -0.25) is 9.59 Å². The first-order chi connectivity index (χ1) is 7.54. The molecular weight excluding hydrogens is 208 g/mol. The lowest BCUT2D eigenvalue weighted by molar-refractivity contribution is -0.139. The van der Waals surface area contributed by atoms with Gasteiger partial charge in [0.2, 0.25) is 5.91 Å². The molecule has 0 saturated carbocycles. The van der Waals surface area contributed by atoms with Crippen molar-refractivity contribution in [3.63, 3.8) is 0 Å². The predicted molar refractivity (Wildman–Crippen MR) is 59.1 cm³/mol. The number of likely N-dealkylation sites (N-methyl/N-ethyl adjacent to an activating group) is 1. The van der Waals surface area contributed by atoms with E-state index in [0.717, 1.165) is 5.56 Å². The largest absolute Gasteiger partial charge is 0.480 e. The fourth-order valence-corrected chi connectivity index (χ4v) is 1.35. The molecular formula is C11H14N2O3. The van der Waals surface area contributed by atoms with Crippen molar-refractivity contribution >= 4 is 11.9 Å². The number of nitrogens with two attached hydrogens (primary N) is 1. The summed E-state index contributed by atoms with van der Waals surface area (Å²) < 4.78 is 0. The third kappa shape index (κ3) is 3.06. The van der Waals surface area contributed by atoms with Crippen LogP contribution in [0.1, 0.15) is 15.9 Å². The molecule has 0 saturated heterocycles. The van der Waals surface area contributed by atoms with Crippen LogP contribution in [0.4, 0.5) is 0 Å². The Hall–Kier alpha value is -1.88. The van der Waals surface area contributed by atoms with Crippen molar-refractivity contribution in [1.29, 1.82) is 0 Å². The Morgan fingerprint density at radius 3 is 2.31 bits per heavy atom. The maximum Gasteiger partial charge on any atom is 0.321 e. The van der Waals surface area contributed by atoms with E-state index in [1.807, 2.05) is 0 Å². The molecule has 1 atom stereocenters. The molecule has 0 aliphatic heterocycles. The first-order valence-electron chi connectivity index (χ1n) is 4.83. The number of rotatable bonds is 5. The van der Waals surface area contributed by atoms with E-state index in [1.54, 1.807) is 31.3 Å². The third-order valence-corrected chi connectivity index (χ3v) is 2.32. The number of hydrogen-bond acceptors (Lipinski definition) is 3. The molecule has 0 aliphatic carbocycles. The van der Waals surface area contributed by atoms with Gasteiger partial charge in [-0.15, -0.1) is 0 Å². The quantitative estimate of drug-likeness (QED) is 0.653. The van der Waals surface area contributed by atoms with Crippen LogP contribution in [0.25, 0.3) is 0 Å². The lowest BCUT2D eigenvalue weighted by Crippen LogP contribution is -2.35. The third-order valence-electron chi connectivity index (χ3n) is 2.32. The van der Waals surface area contributed by atoms with Gasteiger partial charge in [-0.05, 0) is 31.2 Å². The Kier molecular flexibility index (Phi) is 4.02. The lowest BCUT2D eigenvalue weighted by Gasteiger charge is -2.10. The van der Waals surface area contributed by atoms with Crippen LogP contribution in [0.2, 0.25) is 0 Å². The van der Waals surface area contributed by atoms with Crippen molar-refractivity contribution in [3.05, 3.63) is 35.4 Å². The number of aliphatic carboxylic acids is 1. The molecule has 0 radical (unpaired) electrons. The smallest absolute Gasteiger partial charge is 0.321 e. The SMILES string of the molecule is CN[C@H](Cc1ccc(C(N)=O)cc1)C(=O)O. The minimum Gasteiger partial charge on any atom is -0.480 e. The van der Waals surface area contributed by atoms with E-state index in [4.69, 9.17) is 10.8 Å². The van der Waals surface area contributed by atoms with Crippen molar-refractivity contribution in [2.75, 3.05) is 7.05 Å². The Bertz CT molecular complexity index is 387. The molecule has 4 N–H and O–H groups in total. The molecule has 0 unspecified atom stereocenters. The zero-order valence-corrected chi connectivity index (χ0v) is 8.93. The zero-order valence-electron chi connectivity index (χ0n) is 8.93. The molecule has 16 heavy (non-hydrogen) atoms. The summed E-state index contributed by atoms with van der Waals surface area (Å²) in [6, 6.07) is 5.96. The van der Waals surface area contributed by atoms with Crippen LogP contribution in [0.3, 0.4) is 0 Å². The molecule has 1 amide bonds. The van der Waals surface area contributed by atoms with Gasteiger partial charge >= 0.3 is 5.97 Å². The number of hydrogen-bond donors (Lipinski definition) is 3. The predicted octanol–water partition coefficient (Wildman–Crippen LogP) is 0.000600. The second-order valence-corrected chi connectivity index (χ2v) is 3.44. The molecule has 0 spiro atoms. The normalized spacial score (nSPS) is 12.1. The van der Waals surface area contributed by atoms with Crippen molar-refractivity contribution in [1.82, 2.24) is 5.32 Å². The van der Waals surface area contributed by atoms with Crippen molar-refractivity contribution in [3.8, 4) is 0 Å². The monoisotopic (exact) mass is 222 g/mol. The van der Waals surface area contributed by atoms with E-state index < -0.39 is 17.9 Å². The molecule has 5 heteroatoms. The zero-order chi connectivity index (χ0) is 12.1. The second-order valence-electron chi connectivity index (χ2n) is 3.44. The van der Waals surface area contributed by atoms with Gasteiger partial charge in [0, 0.05) is 5.56 Å². The standard InChI is InChI=1S/C11H14N2O3/c1-13-9(11(15)16)6-7-2-4-8(5-3-7)10(12)14/h2-5,9,13H,6H2,1H3,(H2,12,14)(H,15,16)/t9-/m1/s1. The summed E-state index contributed by atoms with van der Waals surface area (Å²) in [5.74, 6) is -1.39. The van der Waals surface area contributed by atoms with Gasteiger partial charge in [0.05, 0.1) is 0 Å². The number of benzene rings is 1. The van der Waals surface area contributed by atoms with Gasteiger partial charge in [-0.1, -0.05) is 12.1 Å². The average molecular weight is 222 g/mol. The maximum atomic E-state index is 10.8. The first-order valence-corrected chi connectivity index (χ1v) is 4.83. The molecule has 1 rings (SSSR count). The van der Waals surface area contributed by atoms with E-state index in [-0.39, 0.29) is 0 Å². The van der Waals surface area contributed by atoms with Crippen LogP contribution in [-0.4, -0.2) is 30.1 Å². The molecule has 0 aromatic heterocycles. The van der Waals surface area contributed by atoms with Crippen LogP contribution in [0, 0.1) is 0 Å². The fourth-order valence-electron chi connectivity index (χ4n) is 1.35. The Morgan fingerprint density at radius 1 is 1.38 bits per heavy atom. The topological polar surface area (TPSA) is 92.4 Å². The highest BCUT2D eigenvalue weighted by Gasteiger charge is 2.15. The maximum absolute atomic E-state index is 10.8. The van der Waals surface area contributed by atoms with Crippen molar-refractivity contribution in [2.24, 2.45) is 5.73 Å². The number of carboxylic acid groups (broad SMARTS) is 1. The van der Waals surface area contributed by atoms with Crippen LogP contribution in [0.15, 0.2) is 24.3 Å². The van der Waals surface area contributed by atoms with E-state index in [0.29, 0.717) is 12.0 Å². The van der Waals surface area contributed by atoms with E-state index in [2.05, 4.69) is 5.32 Å². The highest BCUT2D eigenvalue weighted by atomic mass is 16.4. The summed E-state index contributed by atoms with van der Waals surface area (Å²) in [5, 5.41) is 11.5. The number of primary amides is 1. The van der Waals surface area contributed by atoms with Gasteiger partial charge in [-0.25, -0.2) is 0 Å². The summed E-state index contributed by atoms with van der Waals surface area (Å²) in [7, 11) is 1.59. The highest BCUT2D eigenvalue weighted by molar-refractivity contribution is 5.92. The van der Waals surface area contributed by atoms with Crippen molar-refractivity contribution < 1.29 is 14.7 Å². The molecule has 0 fully saturated rings. The summed E-state index contributed by atoms with van der Waals surface area (Å²) >= 11 is 0. The summed E-state index contributed by atoms with van der Waals surface area (Å²) in [6.45, 7) is 0. The van der Waals surface area contributed by atoms with Crippen LogP contribution >= 0.6 is 0 Å². The Balaban J connectivity index is 2.75. The van der Waals surface area contributed by atoms with E-state index in [1.165, 1.54) is 0 Å². The molecule has 1 aromatic rings. The number of amides is 1. The molecule has 5 nitrogen and oxygen atoms in total. The van der Waals surface area contributed by atoms with Crippen LogP contribution in [-0.2, 0) is 11.2 Å². The van der Waals surface area contributed by atoms with Gasteiger partial charge in [0.25, 0.3) is 0 Å². The van der Waals surface area contributed by atoms with Gasteiger partial charge < -0.3 is 16.2 Å². The summed E-state index contributed by atoms with van der Waals surface area (Å²) in [6.07, 6.45) is 0.366. The number of carboxylic acids is 1. The van der Waals surface area contributed by atoms with Crippen LogP contribution in [0.5, 0.6) is 0 Å². The molecule has 0 bridgehead atoms. The minimum atomic E-state index is -0.901. The number of nitrogens with one attached hydrogen (secondary N) is 1. The number of carbonyl (C=O) groups is 2. The molecule has 0 heterocycles. The Labute approximate surface area is 93.3 Å². The second kappa shape index (κ2) is 5.27. The summed E-state index contributed by atoms with van der Waals surface area (Å²) in [4.78, 5) is 21.6. The highest BCUT2D eigenvalue weighted by Crippen LogP contribution is 2.06. The van der Waals surface area contributed by atoms with Gasteiger partial charge in [0.15, 0.2) is 0 Å². The Morgan fingerprint density at radius 2 is 1.94 bits per heavy atom.